The van der Waals surface area contributed by atoms with Gasteiger partial charge in [-0.05, 0) is 32.6 Å². The van der Waals surface area contributed by atoms with E-state index in [4.69, 9.17) is 0 Å². The Morgan fingerprint density at radius 1 is 1.07 bits per heavy atom. The van der Waals surface area contributed by atoms with Gasteiger partial charge in [-0.25, -0.2) is 0 Å². The summed E-state index contributed by atoms with van der Waals surface area (Å²) in [6, 6.07) is 0. The summed E-state index contributed by atoms with van der Waals surface area (Å²) >= 11 is 0. The van der Waals surface area contributed by atoms with Gasteiger partial charge in [-0.15, -0.1) is 0 Å². The predicted molar refractivity (Wildman–Crippen MR) is 63.5 cm³/mol. The Morgan fingerprint density at radius 2 is 1.64 bits per heavy atom. The molecule has 0 radical (unpaired) electrons. The average molecular weight is 195 g/mol. The highest BCUT2D eigenvalue weighted by Crippen LogP contribution is 2.31. The Labute approximate surface area is 89.2 Å². The second kappa shape index (κ2) is 3.69. The molecule has 1 rings (SSSR count). The van der Waals surface area contributed by atoms with Gasteiger partial charge in [0.05, 0.1) is 0 Å². The van der Waals surface area contributed by atoms with Crippen LogP contribution in [0.15, 0.2) is 11.6 Å². The third-order valence-electron chi connectivity index (χ3n) is 3.12. The van der Waals surface area contributed by atoms with E-state index < -0.39 is 0 Å². The summed E-state index contributed by atoms with van der Waals surface area (Å²) in [5, 5.41) is 0. The second-order valence-electron chi connectivity index (χ2n) is 6.35. The zero-order valence-corrected chi connectivity index (χ0v) is 10.6. The van der Waals surface area contributed by atoms with Gasteiger partial charge in [-0.1, -0.05) is 32.4 Å². The molecule has 0 aromatic heterocycles. The quantitative estimate of drug-likeness (QED) is 0.535. The molecule has 0 amide bonds. The molecule has 0 saturated heterocycles. The fourth-order valence-corrected chi connectivity index (χ4v) is 1.96. The van der Waals surface area contributed by atoms with Crippen LogP contribution in [0.25, 0.3) is 0 Å². The van der Waals surface area contributed by atoms with E-state index in [1.165, 1.54) is 13.0 Å². The summed E-state index contributed by atoms with van der Waals surface area (Å²) < 4.78 is 0. The molecule has 1 aliphatic rings. The first-order valence-corrected chi connectivity index (χ1v) is 5.66. The van der Waals surface area contributed by atoms with Gasteiger partial charge in [-0.2, -0.15) is 0 Å². The molecule has 0 atom stereocenters. The molecule has 0 unspecified atom stereocenters. The van der Waals surface area contributed by atoms with E-state index in [0.29, 0.717) is 11.0 Å². The lowest BCUT2D eigenvalue weighted by molar-refractivity contribution is 0.144. The van der Waals surface area contributed by atoms with Crippen LogP contribution in [0.4, 0.5) is 0 Å². The van der Waals surface area contributed by atoms with Gasteiger partial charge in [0, 0.05) is 18.6 Å². The minimum absolute atomic E-state index is 0.319. The summed E-state index contributed by atoms with van der Waals surface area (Å²) in [7, 11) is 0. The molecular weight excluding hydrogens is 170 g/mol. The Kier molecular flexibility index (Phi) is 3.10. The predicted octanol–water partition coefficient (Wildman–Crippen LogP) is 3.46. The van der Waals surface area contributed by atoms with Crippen molar-refractivity contribution in [2.45, 2.75) is 53.5 Å². The Balaban J connectivity index is 2.65. The Bertz CT molecular complexity index is 225. The molecule has 0 N–H and O–H groups in total. The molecule has 1 nitrogen and oxygen atoms in total. The molecule has 1 heteroatoms. The first-order chi connectivity index (χ1) is 6.21. The maximum Gasteiger partial charge on any atom is 0.0171 e. The normalized spacial score (nSPS) is 20.9. The van der Waals surface area contributed by atoms with Gasteiger partial charge < -0.3 is 0 Å². The molecular formula is C13H25N. The van der Waals surface area contributed by atoms with E-state index in [1.807, 2.05) is 0 Å². The highest BCUT2D eigenvalue weighted by atomic mass is 15.2. The van der Waals surface area contributed by atoms with Gasteiger partial charge in [-0.3, -0.25) is 4.90 Å². The third-order valence-corrected chi connectivity index (χ3v) is 3.12. The summed E-state index contributed by atoms with van der Waals surface area (Å²) in [5.74, 6) is 0. The smallest absolute Gasteiger partial charge is 0.0171 e. The minimum atomic E-state index is 0.319. The van der Waals surface area contributed by atoms with Crippen LogP contribution in [-0.4, -0.2) is 23.5 Å². The van der Waals surface area contributed by atoms with Crippen LogP contribution in [0.5, 0.6) is 0 Å². The first-order valence-electron chi connectivity index (χ1n) is 5.66. The number of hydrogen-bond donors (Lipinski definition) is 0. The van der Waals surface area contributed by atoms with Crippen molar-refractivity contribution in [3.05, 3.63) is 11.6 Å². The van der Waals surface area contributed by atoms with Crippen molar-refractivity contribution in [1.29, 1.82) is 0 Å². The minimum Gasteiger partial charge on any atom is -0.295 e. The molecule has 0 bridgehead atoms. The molecule has 0 fully saturated rings. The van der Waals surface area contributed by atoms with E-state index in [2.05, 4.69) is 52.5 Å². The molecule has 1 aliphatic heterocycles. The zero-order valence-electron chi connectivity index (χ0n) is 10.6. The van der Waals surface area contributed by atoms with Crippen LogP contribution < -0.4 is 0 Å². The third kappa shape index (κ3) is 2.84. The SMILES string of the molecule is CC(C)(C)C1=CCN(C(C)(C)C)CC1. The van der Waals surface area contributed by atoms with Crippen molar-refractivity contribution < 1.29 is 0 Å². The molecule has 0 saturated carbocycles. The van der Waals surface area contributed by atoms with Crippen molar-refractivity contribution in [3.63, 3.8) is 0 Å². The molecule has 0 aromatic rings. The second-order valence-corrected chi connectivity index (χ2v) is 6.35. The number of nitrogens with zero attached hydrogens (tertiary/aromatic N) is 1. The molecule has 14 heavy (non-hydrogen) atoms. The van der Waals surface area contributed by atoms with Crippen LogP contribution in [0, 0.1) is 5.41 Å². The van der Waals surface area contributed by atoms with Crippen LogP contribution in [0.1, 0.15) is 48.0 Å². The molecule has 82 valence electrons. The van der Waals surface area contributed by atoms with E-state index in [9.17, 15) is 0 Å². The molecule has 0 spiro atoms. The lowest BCUT2D eigenvalue weighted by Gasteiger charge is -2.39. The summed E-state index contributed by atoms with van der Waals surface area (Å²) in [6.45, 7) is 16.2. The van der Waals surface area contributed by atoms with Crippen LogP contribution in [0.2, 0.25) is 0 Å². The van der Waals surface area contributed by atoms with E-state index >= 15 is 0 Å². The van der Waals surface area contributed by atoms with E-state index in [1.54, 1.807) is 5.57 Å². The number of rotatable bonds is 0. The van der Waals surface area contributed by atoms with E-state index in [0.717, 1.165) is 6.54 Å². The van der Waals surface area contributed by atoms with Crippen LogP contribution in [0.3, 0.4) is 0 Å². The number of hydrogen-bond acceptors (Lipinski definition) is 1. The van der Waals surface area contributed by atoms with Crippen molar-refractivity contribution in [2.75, 3.05) is 13.1 Å². The van der Waals surface area contributed by atoms with Gasteiger partial charge in [0.25, 0.3) is 0 Å². The largest absolute Gasteiger partial charge is 0.295 e. The van der Waals surface area contributed by atoms with Gasteiger partial charge in [0.2, 0.25) is 0 Å². The fourth-order valence-electron chi connectivity index (χ4n) is 1.96. The topological polar surface area (TPSA) is 3.24 Å². The summed E-state index contributed by atoms with van der Waals surface area (Å²) in [4.78, 5) is 2.54. The molecule has 1 heterocycles. The highest BCUT2D eigenvalue weighted by molar-refractivity contribution is 5.15. The lowest BCUT2D eigenvalue weighted by Crippen LogP contribution is -2.44. The highest BCUT2D eigenvalue weighted by Gasteiger charge is 2.26. The Morgan fingerprint density at radius 3 is 1.93 bits per heavy atom. The monoisotopic (exact) mass is 195 g/mol. The first kappa shape index (κ1) is 11.8. The van der Waals surface area contributed by atoms with Gasteiger partial charge in [0.1, 0.15) is 0 Å². The summed E-state index contributed by atoms with van der Waals surface area (Å²) in [6.07, 6.45) is 3.66. The van der Waals surface area contributed by atoms with Crippen molar-refractivity contribution in [1.82, 2.24) is 4.90 Å². The average Bonchev–Trinajstić information content (AvgIpc) is 2.01. The van der Waals surface area contributed by atoms with Crippen molar-refractivity contribution >= 4 is 0 Å². The van der Waals surface area contributed by atoms with Gasteiger partial charge >= 0.3 is 0 Å². The van der Waals surface area contributed by atoms with Crippen molar-refractivity contribution in [3.8, 4) is 0 Å². The summed E-state index contributed by atoms with van der Waals surface area (Å²) in [5.41, 5.74) is 2.31. The van der Waals surface area contributed by atoms with Crippen molar-refractivity contribution in [2.24, 2.45) is 5.41 Å². The van der Waals surface area contributed by atoms with Crippen LogP contribution in [-0.2, 0) is 0 Å². The maximum absolute atomic E-state index is 2.54. The standard InChI is InChI=1S/C13H25N/c1-12(2,3)11-7-9-14(10-8-11)13(4,5)6/h7H,8-10H2,1-6H3. The van der Waals surface area contributed by atoms with E-state index in [-0.39, 0.29) is 0 Å². The molecule has 0 aromatic carbocycles. The maximum atomic E-state index is 2.54. The zero-order chi connectivity index (χ0) is 11.0. The van der Waals surface area contributed by atoms with Gasteiger partial charge in [0.15, 0.2) is 0 Å². The lowest BCUT2D eigenvalue weighted by atomic mass is 9.82. The molecule has 0 aliphatic carbocycles. The fraction of sp³-hybridized carbons (Fsp3) is 0.846. The Hall–Kier alpha value is -0.300. The van der Waals surface area contributed by atoms with Crippen LogP contribution >= 0.6 is 0 Å².